The lowest BCUT2D eigenvalue weighted by molar-refractivity contribution is 0.0599. The van der Waals surface area contributed by atoms with Crippen molar-refractivity contribution in [2.45, 2.75) is 12.8 Å². The van der Waals surface area contributed by atoms with Gasteiger partial charge in [-0.25, -0.2) is 4.79 Å². The normalized spacial score (nSPS) is 9.31. The zero-order chi connectivity index (χ0) is 12.0. The molecule has 0 aliphatic carbocycles. The van der Waals surface area contributed by atoms with E-state index in [1.54, 1.807) is 19.2 Å². The van der Waals surface area contributed by atoms with Crippen molar-refractivity contribution in [1.29, 1.82) is 0 Å². The monoisotopic (exact) mass is 218 g/mol. The molecule has 1 aromatic rings. The Kier molecular flexibility index (Phi) is 4.41. The molecule has 3 nitrogen and oxygen atoms in total. The van der Waals surface area contributed by atoms with Crippen LogP contribution in [0.1, 0.15) is 22.3 Å². The fourth-order valence-corrected chi connectivity index (χ4v) is 1.42. The SMILES string of the molecule is C#CCCc1cc(OC)ccc1C(=O)OC. The molecule has 84 valence electrons. The van der Waals surface area contributed by atoms with Gasteiger partial charge >= 0.3 is 5.97 Å². The fourth-order valence-electron chi connectivity index (χ4n) is 1.42. The average molecular weight is 218 g/mol. The van der Waals surface area contributed by atoms with Crippen molar-refractivity contribution < 1.29 is 14.3 Å². The Morgan fingerprint density at radius 3 is 2.75 bits per heavy atom. The van der Waals surface area contributed by atoms with Crippen molar-refractivity contribution in [3.63, 3.8) is 0 Å². The Labute approximate surface area is 95.4 Å². The second-order valence-corrected chi connectivity index (χ2v) is 3.22. The van der Waals surface area contributed by atoms with Crippen LogP contribution in [0.4, 0.5) is 0 Å². The number of terminal acetylenes is 1. The largest absolute Gasteiger partial charge is 0.497 e. The van der Waals surface area contributed by atoms with Crippen molar-refractivity contribution in [2.75, 3.05) is 14.2 Å². The predicted octanol–water partition coefficient (Wildman–Crippen LogP) is 2.05. The van der Waals surface area contributed by atoms with Crippen molar-refractivity contribution in [2.24, 2.45) is 0 Å². The molecule has 0 heterocycles. The van der Waals surface area contributed by atoms with Crippen LogP contribution in [0.25, 0.3) is 0 Å². The van der Waals surface area contributed by atoms with Crippen molar-refractivity contribution >= 4 is 5.97 Å². The lowest BCUT2D eigenvalue weighted by Gasteiger charge is -2.08. The summed E-state index contributed by atoms with van der Waals surface area (Å²) in [5.41, 5.74) is 1.39. The maximum atomic E-state index is 11.5. The summed E-state index contributed by atoms with van der Waals surface area (Å²) in [5, 5.41) is 0. The molecular formula is C13H14O3. The van der Waals surface area contributed by atoms with Crippen LogP contribution in [0.5, 0.6) is 5.75 Å². The first-order valence-corrected chi connectivity index (χ1v) is 4.91. The second-order valence-electron chi connectivity index (χ2n) is 3.22. The molecule has 0 atom stereocenters. The zero-order valence-corrected chi connectivity index (χ0v) is 9.45. The smallest absolute Gasteiger partial charge is 0.338 e. The summed E-state index contributed by atoms with van der Waals surface area (Å²) in [4.78, 5) is 11.5. The summed E-state index contributed by atoms with van der Waals surface area (Å²) in [6.07, 6.45) is 6.43. The molecule has 0 saturated heterocycles. The first-order chi connectivity index (χ1) is 7.72. The molecular weight excluding hydrogens is 204 g/mol. The zero-order valence-electron chi connectivity index (χ0n) is 9.45. The van der Waals surface area contributed by atoms with Crippen LogP contribution < -0.4 is 4.74 Å². The molecule has 16 heavy (non-hydrogen) atoms. The third kappa shape index (κ3) is 2.77. The molecule has 3 heteroatoms. The van der Waals surface area contributed by atoms with Gasteiger partial charge in [-0.2, -0.15) is 0 Å². The van der Waals surface area contributed by atoms with Gasteiger partial charge in [-0.3, -0.25) is 0 Å². The van der Waals surface area contributed by atoms with Crippen LogP contribution in [0.3, 0.4) is 0 Å². The number of rotatable bonds is 4. The molecule has 0 radical (unpaired) electrons. The van der Waals surface area contributed by atoms with E-state index in [9.17, 15) is 4.79 Å². The summed E-state index contributed by atoms with van der Waals surface area (Å²) >= 11 is 0. The van der Waals surface area contributed by atoms with Gasteiger partial charge in [0, 0.05) is 6.42 Å². The maximum absolute atomic E-state index is 11.5. The third-order valence-corrected chi connectivity index (χ3v) is 2.26. The maximum Gasteiger partial charge on any atom is 0.338 e. The summed E-state index contributed by atoms with van der Waals surface area (Å²) in [7, 11) is 2.94. The molecule has 1 aromatic carbocycles. The Bertz CT molecular complexity index is 416. The van der Waals surface area contributed by atoms with Crippen molar-refractivity contribution in [3.8, 4) is 18.1 Å². The van der Waals surface area contributed by atoms with E-state index in [4.69, 9.17) is 15.9 Å². The number of carbonyl (C=O) groups excluding carboxylic acids is 1. The Morgan fingerprint density at radius 2 is 2.19 bits per heavy atom. The second kappa shape index (κ2) is 5.82. The molecule has 0 saturated carbocycles. The van der Waals surface area contributed by atoms with Gasteiger partial charge in [0.15, 0.2) is 0 Å². The van der Waals surface area contributed by atoms with E-state index in [1.807, 2.05) is 6.07 Å². The molecule has 0 aliphatic rings. The molecule has 0 spiro atoms. The number of carbonyl (C=O) groups is 1. The highest BCUT2D eigenvalue weighted by atomic mass is 16.5. The minimum Gasteiger partial charge on any atom is -0.497 e. The lowest BCUT2D eigenvalue weighted by Crippen LogP contribution is -2.06. The summed E-state index contributed by atoms with van der Waals surface area (Å²) < 4.78 is 9.80. The van der Waals surface area contributed by atoms with E-state index < -0.39 is 0 Å². The van der Waals surface area contributed by atoms with Crippen molar-refractivity contribution in [1.82, 2.24) is 0 Å². The van der Waals surface area contributed by atoms with E-state index in [0.29, 0.717) is 24.2 Å². The predicted molar refractivity (Wildman–Crippen MR) is 61.5 cm³/mol. The molecule has 0 amide bonds. The molecule has 0 bridgehead atoms. The lowest BCUT2D eigenvalue weighted by atomic mass is 10.0. The number of esters is 1. The molecule has 0 N–H and O–H groups in total. The average Bonchev–Trinajstić information content (AvgIpc) is 2.34. The Hall–Kier alpha value is -1.95. The van der Waals surface area contributed by atoms with Crippen LogP contribution in [-0.2, 0) is 11.2 Å². The minimum atomic E-state index is -0.352. The molecule has 0 fully saturated rings. The van der Waals surface area contributed by atoms with Crippen LogP contribution >= 0.6 is 0 Å². The minimum absolute atomic E-state index is 0.352. The number of aryl methyl sites for hydroxylation is 1. The third-order valence-electron chi connectivity index (χ3n) is 2.26. The van der Waals surface area contributed by atoms with Gasteiger partial charge in [-0.15, -0.1) is 12.3 Å². The topological polar surface area (TPSA) is 35.5 Å². The molecule has 0 aliphatic heterocycles. The fraction of sp³-hybridized carbons (Fsp3) is 0.308. The van der Waals surface area contributed by atoms with Gasteiger partial charge in [-0.05, 0) is 30.2 Å². The Morgan fingerprint density at radius 1 is 1.44 bits per heavy atom. The summed E-state index contributed by atoms with van der Waals surface area (Å²) in [5.74, 6) is 2.90. The van der Waals surface area contributed by atoms with Crippen LogP contribution in [0.2, 0.25) is 0 Å². The summed E-state index contributed by atoms with van der Waals surface area (Å²) in [6, 6.07) is 5.23. The highest BCUT2D eigenvalue weighted by Crippen LogP contribution is 2.19. The number of hydrogen-bond donors (Lipinski definition) is 0. The summed E-state index contributed by atoms with van der Waals surface area (Å²) in [6.45, 7) is 0. The van der Waals surface area contributed by atoms with Crippen LogP contribution in [-0.4, -0.2) is 20.2 Å². The number of methoxy groups -OCH3 is 2. The van der Waals surface area contributed by atoms with E-state index in [-0.39, 0.29) is 5.97 Å². The number of hydrogen-bond acceptors (Lipinski definition) is 3. The standard InChI is InChI=1S/C13H14O3/c1-4-5-6-10-9-11(15-2)7-8-12(10)13(14)16-3/h1,7-9H,5-6H2,2-3H3. The quantitative estimate of drug-likeness (QED) is 0.573. The van der Waals surface area contributed by atoms with Gasteiger partial charge in [-0.1, -0.05) is 0 Å². The van der Waals surface area contributed by atoms with E-state index in [0.717, 1.165) is 5.56 Å². The van der Waals surface area contributed by atoms with Gasteiger partial charge in [0.2, 0.25) is 0 Å². The van der Waals surface area contributed by atoms with E-state index in [2.05, 4.69) is 5.92 Å². The van der Waals surface area contributed by atoms with Crippen LogP contribution in [0.15, 0.2) is 18.2 Å². The molecule has 0 aromatic heterocycles. The first kappa shape index (κ1) is 12.1. The van der Waals surface area contributed by atoms with E-state index in [1.165, 1.54) is 7.11 Å². The van der Waals surface area contributed by atoms with Gasteiger partial charge in [0.1, 0.15) is 5.75 Å². The van der Waals surface area contributed by atoms with Gasteiger partial charge in [0.25, 0.3) is 0 Å². The molecule has 1 rings (SSSR count). The highest BCUT2D eigenvalue weighted by molar-refractivity contribution is 5.91. The van der Waals surface area contributed by atoms with E-state index >= 15 is 0 Å². The first-order valence-electron chi connectivity index (χ1n) is 4.91. The highest BCUT2D eigenvalue weighted by Gasteiger charge is 2.12. The van der Waals surface area contributed by atoms with Gasteiger partial charge in [0.05, 0.1) is 19.8 Å². The molecule has 0 unspecified atom stereocenters. The number of benzene rings is 1. The van der Waals surface area contributed by atoms with Crippen LogP contribution in [0, 0.1) is 12.3 Å². The van der Waals surface area contributed by atoms with Crippen molar-refractivity contribution in [3.05, 3.63) is 29.3 Å². The van der Waals surface area contributed by atoms with Gasteiger partial charge < -0.3 is 9.47 Å². The number of ether oxygens (including phenoxy) is 2. The Balaban J connectivity index is 3.06.